The van der Waals surface area contributed by atoms with E-state index in [4.69, 9.17) is 11.2 Å². The van der Waals surface area contributed by atoms with E-state index < -0.39 is 35.3 Å². The number of nitrogens with one attached hydrogen (secondary N) is 1. The minimum Gasteiger partial charge on any atom is -0.479 e. The summed E-state index contributed by atoms with van der Waals surface area (Å²) in [6, 6.07) is 7.57. The van der Waals surface area contributed by atoms with E-state index in [1.165, 1.54) is 12.1 Å². The molecule has 1 heterocycles. The zero-order valence-electron chi connectivity index (χ0n) is 16.9. The highest BCUT2D eigenvalue weighted by atomic mass is 127. The smallest absolute Gasteiger partial charge is 0.416 e. The summed E-state index contributed by atoms with van der Waals surface area (Å²) in [6.07, 6.45) is 2.17. The first-order chi connectivity index (χ1) is 16.0. The van der Waals surface area contributed by atoms with Gasteiger partial charge in [-0.15, -0.1) is 6.42 Å². The zero-order valence-corrected chi connectivity index (χ0v) is 22.0. The Labute approximate surface area is 223 Å². The predicted molar refractivity (Wildman–Crippen MR) is 139 cm³/mol. The third kappa shape index (κ3) is 6.45. The van der Waals surface area contributed by atoms with E-state index in [0.717, 1.165) is 30.2 Å². The summed E-state index contributed by atoms with van der Waals surface area (Å²) in [5.74, 6) is 1.51. The summed E-state index contributed by atoms with van der Waals surface area (Å²) in [5, 5.41) is 1.62. The molecule has 0 bridgehead atoms. The monoisotopic (exact) mass is 712 g/mol. The molecule has 0 radical (unpaired) electrons. The van der Waals surface area contributed by atoms with Crippen LogP contribution < -0.4 is 10.1 Å². The maximum atomic E-state index is 12.8. The number of hydrogen-bond donors (Lipinski definition) is 1. The van der Waals surface area contributed by atoms with Gasteiger partial charge in [-0.05, 0) is 98.9 Å². The van der Waals surface area contributed by atoms with Gasteiger partial charge in [0.15, 0.2) is 0 Å². The molecule has 3 rings (SSSR count). The molecular formula is C22H13F3I2N2O4S. The SMILES string of the molecule is C#CCOc1c(I)cc(/C=C2\SC(=O)N(CC(=O)Nc3cccc(C(F)(F)F)c3)C2=O)cc1I. The lowest BCUT2D eigenvalue weighted by Gasteiger charge is -2.13. The lowest BCUT2D eigenvalue weighted by molar-refractivity contribution is -0.137. The molecular weight excluding hydrogens is 699 g/mol. The number of thioether (sulfide) groups is 1. The number of alkyl halides is 3. The molecule has 0 spiro atoms. The van der Waals surface area contributed by atoms with Crippen LogP contribution >= 0.6 is 56.9 Å². The molecule has 176 valence electrons. The van der Waals surface area contributed by atoms with Crippen molar-refractivity contribution in [2.75, 3.05) is 18.5 Å². The molecule has 0 atom stereocenters. The standard InChI is InChI=1S/C22H13F3I2N2O4S/c1-2-6-33-19-15(26)7-12(8-16(19)27)9-17-20(31)29(21(32)34-17)11-18(30)28-14-5-3-4-13(10-14)22(23,24)25/h1,3-5,7-10H,6,11H2,(H,28,30)/b17-9-. The van der Waals surface area contributed by atoms with Crippen molar-refractivity contribution in [3.8, 4) is 18.1 Å². The molecule has 12 heteroatoms. The largest absolute Gasteiger partial charge is 0.479 e. The second-order valence-electron chi connectivity index (χ2n) is 6.70. The van der Waals surface area contributed by atoms with Crippen LogP contribution in [0.3, 0.4) is 0 Å². The summed E-state index contributed by atoms with van der Waals surface area (Å²) in [4.78, 5) is 38.2. The Balaban J connectivity index is 1.72. The van der Waals surface area contributed by atoms with Gasteiger partial charge in [0.25, 0.3) is 11.1 Å². The van der Waals surface area contributed by atoms with Gasteiger partial charge in [-0.1, -0.05) is 12.0 Å². The highest BCUT2D eigenvalue weighted by Gasteiger charge is 2.36. The van der Waals surface area contributed by atoms with Crippen molar-refractivity contribution in [2.24, 2.45) is 0 Å². The number of halogens is 5. The van der Waals surface area contributed by atoms with E-state index in [-0.39, 0.29) is 17.2 Å². The van der Waals surface area contributed by atoms with Crippen LogP contribution in [0.5, 0.6) is 5.75 Å². The molecule has 0 unspecified atom stereocenters. The van der Waals surface area contributed by atoms with Gasteiger partial charge in [0.1, 0.15) is 18.9 Å². The summed E-state index contributed by atoms with van der Waals surface area (Å²) in [6.45, 7) is -0.529. The van der Waals surface area contributed by atoms with Crippen molar-refractivity contribution >= 4 is 85.8 Å². The van der Waals surface area contributed by atoms with Crippen molar-refractivity contribution in [3.63, 3.8) is 0 Å². The quantitative estimate of drug-likeness (QED) is 0.240. The van der Waals surface area contributed by atoms with E-state index in [9.17, 15) is 27.6 Å². The number of hydrogen-bond acceptors (Lipinski definition) is 5. The fourth-order valence-corrected chi connectivity index (χ4v) is 5.79. The normalized spacial score (nSPS) is 14.9. The first-order valence-electron chi connectivity index (χ1n) is 9.27. The van der Waals surface area contributed by atoms with Crippen molar-refractivity contribution in [3.05, 3.63) is 59.6 Å². The number of carbonyl (C=O) groups is 3. The number of benzene rings is 2. The Morgan fingerprint density at radius 2 is 1.88 bits per heavy atom. The molecule has 2 aromatic rings. The van der Waals surface area contributed by atoms with E-state index >= 15 is 0 Å². The van der Waals surface area contributed by atoms with Crippen molar-refractivity contribution in [1.29, 1.82) is 0 Å². The number of amides is 3. The van der Waals surface area contributed by atoms with Crippen LogP contribution in [0.15, 0.2) is 41.3 Å². The van der Waals surface area contributed by atoms with Crippen LogP contribution in [0.2, 0.25) is 0 Å². The third-order valence-electron chi connectivity index (χ3n) is 4.27. The average molecular weight is 712 g/mol. The molecule has 0 aliphatic carbocycles. The minimum absolute atomic E-state index is 0.0985. The third-order valence-corrected chi connectivity index (χ3v) is 6.78. The fraction of sp³-hybridized carbons (Fsp3) is 0.136. The summed E-state index contributed by atoms with van der Waals surface area (Å²) in [5.41, 5.74) is -0.390. The van der Waals surface area contributed by atoms with Crippen LogP contribution in [0.4, 0.5) is 23.7 Å². The number of nitrogens with zero attached hydrogens (tertiary/aromatic N) is 1. The number of terminal acetylenes is 1. The van der Waals surface area contributed by atoms with Crippen LogP contribution in [0.1, 0.15) is 11.1 Å². The van der Waals surface area contributed by atoms with E-state index in [1.54, 1.807) is 12.1 Å². The van der Waals surface area contributed by atoms with Crippen LogP contribution in [0, 0.1) is 19.5 Å². The highest BCUT2D eigenvalue weighted by Crippen LogP contribution is 2.35. The van der Waals surface area contributed by atoms with Gasteiger partial charge in [-0.25, -0.2) is 0 Å². The molecule has 0 saturated carbocycles. The minimum atomic E-state index is -4.57. The van der Waals surface area contributed by atoms with Gasteiger partial charge in [0, 0.05) is 5.69 Å². The van der Waals surface area contributed by atoms with E-state index in [1.807, 2.05) is 0 Å². The molecule has 1 aliphatic rings. The van der Waals surface area contributed by atoms with E-state index in [0.29, 0.717) is 23.1 Å². The molecule has 0 aromatic heterocycles. The second-order valence-corrected chi connectivity index (χ2v) is 10.0. The molecule has 6 nitrogen and oxygen atoms in total. The number of anilines is 1. The van der Waals surface area contributed by atoms with Gasteiger partial charge in [0.05, 0.1) is 17.6 Å². The van der Waals surface area contributed by atoms with Crippen LogP contribution in [0.25, 0.3) is 6.08 Å². The predicted octanol–water partition coefficient (Wildman–Crippen LogP) is 5.60. The van der Waals surface area contributed by atoms with E-state index in [2.05, 4.69) is 56.4 Å². The summed E-state index contributed by atoms with van der Waals surface area (Å²) >= 11 is 4.80. The van der Waals surface area contributed by atoms with Crippen molar-refractivity contribution in [2.45, 2.75) is 6.18 Å². The zero-order chi connectivity index (χ0) is 25.0. The Kier molecular flexibility index (Phi) is 8.52. The lowest BCUT2D eigenvalue weighted by Crippen LogP contribution is -2.36. The topological polar surface area (TPSA) is 75.7 Å². The Hall–Kier alpha value is -2.25. The van der Waals surface area contributed by atoms with Crippen molar-refractivity contribution < 1.29 is 32.3 Å². The van der Waals surface area contributed by atoms with Gasteiger partial charge in [-0.2, -0.15) is 13.2 Å². The first-order valence-corrected chi connectivity index (χ1v) is 12.2. The molecule has 2 aromatic carbocycles. The summed E-state index contributed by atoms with van der Waals surface area (Å²) < 4.78 is 45.6. The molecule has 1 N–H and O–H groups in total. The Bertz CT molecular complexity index is 1220. The molecule has 3 amide bonds. The number of imide groups is 1. The molecule has 34 heavy (non-hydrogen) atoms. The van der Waals surface area contributed by atoms with Gasteiger partial charge in [-0.3, -0.25) is 19.3 Å². The van der Waals surface area contributed by atoms with Gasteiger partial charge >= 0.3 is 6.18 Å². The first kappa shape index (κ1) is 26.4. The molecule has 1 fully saturated rings. The maximum absolute atomic E-state index is 12.8. The van der Waals surface area contributed by atoms with Crippen LogP contribution in [-0.2, 0) is 15.8 Å². The fourth-order valence-electron chi connectivity index (χ4n) is 2.82. The van der Waals surface area contributed by atoms with Gasteiger partial charge < -0.3 is 10.1 Å². The second kappa shape index (κ2) is 11.0. The molecule has 1 aliphatic heterocycles. The Morgan fingerprint density at radius 1 is 1.21 bits per heavy atom. The van der Waals surface area contributed by atoms with Crippen LogP contribution in [-0.4, -0.2) is 35.1 Å². The lowest BCUT2D eigenvalue weighted by atomic mass is 10.2. The maximum Gasteiger partial charge on any atom is 0.416 e. The average Bonchev–Trinajstić information content (AvgIpc) is 3.00. The Morgan fingerprint density at radius 3 is 2.50 bits per heavy atom. The highest BCUT2D eigenvalue weighted by molar-refractivity contribution is 14.1. The summed E-state index contributed by atoms with van der Waals surface area (Å²) in [7, 11) is 0. The number of rotatable bonds is 6. The molecule has 1 saturated heterocycles. The number of ether oxygens (including phenoxy) is 1. The number of carbonyl (C=O) groups excluding carboxylic acids is 3. The van der Waals surface area contributed by atoms with Crippen molar-refractivity contribution in [1.82, 2.24) is 4.90 Å². The van der Waals surface area contributed by atoms with Gasteiger partial charge in [0.2, 0.25) is 5.91 Å².